The first-order valence-electron chi connectivity index (χ1n) is 6.73. The molecule has 1 aromatic rings. The van der Waals surface area contributed by atoms with E-state index in [1.54, 1.807) is 13.8 Å². The number of amides is 1. The molecule has 1 heterocycles. The van der Waals surface area contributed by atoms with Gasteiger partial charge in [0.15, 0.2) is 0 Å². The molecule has 0 saturated carbocycles. The predicted octanol–water partition coefficient (Wildman–Crippen LogP) is 1.41. The number of hydrogen-bond acceptors (Lipinski definition) is 3. The summed E-state index contributed by atoms with van der Waals surface area (Å²) < 4.78 is 26.5. The number of fused-ring (bicyclic) bond motifs is 1. The van der Waals surface area contributed by atoms with Gasteiger partial charge in [0.05, 0.1) is 5.75 Å². The summed E-state index contributed by atoms with van der Waals surface area (Å²) in [6.45, 7) is 7.54. The number of nitrogens with zero attached hydrogens (tertiary/aromatic N) is 1. The number of nitrogens with one attached hydrogen (secondary N) is 1. The van der Waals surface area contributed by atoms with Gasteiger partial charge >= 0.3 is 0 Å². The molecule has 0 spiro atoms. The van der Waals surface area contributed by atoms with Crippen molar-refractivity contribution in [3.8, 4) is 0 Å². The molecule has 0 bridgehead atoms. The molecule has 5 nitrogen and oxygen atoms in total. The molecular formula is C15H20N2O3S. The van der Waals surface area contributed by atoms with Crippen LogP contribution >= 0.6 is 0 Å². The second kappa shape index (κ2) is 5.61. The molecule has 21 heavy (non-hydrogen) atoms. The van der Waals surface area contributed by atoms with Crippen molar-refractivity contribution in [1.29, 1.82) is 0 Å². The SMILES string of the molecule is C=CC(=O)NC(C)(C)CS(=O)(=O)N1Cc2ccccc2C1. The van der Waals surface area contributed by atoms with Crippen LogP contribution in [-0.2, 0) is 27.9 Å². The molecule has 0 aromatic heterocycles. The van der Waals surface area contributed by atoms with Crippen molar-refractivity contribution in [2.24, 2.45) is 0 Å². The van der Waals surface area contributed by atoms with Crippen molar-refractivity contribution in [3.63, 3.8) is 0 Å². The zero-order chi connectivity index (χ0) is 15.7. The maximum Gasteiger partial charge on any atom is 0.243 e. The summed E-state index contributed by atoms with van der Waals surface area (Å²) in [7, 11) is -3.45. The molecule has 0 aliphatic carbocycles. The maximum absolute atomic E-state index is 12.5. The topological polar surface area (TPSA) is 66.5 Å². The van der Waals surface area contributed by atoms with Crippen molar-refractivity contribution in [3.05, 3.63) is 48.0 Å². The van der Waals surface area contributed by atoms with Gasteiger partial charge < -0.3 is 5.32 Å². The zero-order valence-electron chi connectivity index (χ0n) is 12.3. The first-order chi connectivity index (χ1) is 9.73. The van der Waals surface area contributed by atoms with Crippen LogP contribution in [0.5, 0.6) is 0 Å². The summed E-state index contributed by atoms with van der Waals surface area (Å²) in [4.78, 5) is 11.4. The normalized spacial score (nSPS) is 15.5. The quantitative estimate of drug-likeness (QED) is 0.837. The van der Waals surface area contributed by atoms with Crippen molar-refractivity contribution in [1.82, 2.24) is 9.62 Å². The van der Waals surface area contributed by atoms with Crippen LogP contribution in [0.15, 0.2) is 36.9 Å². The van der Waals surface area contributed by atoms with Crippen LogP contribution in [0.25, 0.3) is 0 Å². The average Bonchev–Trinajstić information content (AvgIpc) is 2.81. The molecule has 1 N–H and O–H groups in total. The average molecular weight is 308 g/mol. The fraction of sp³-hybridized carbons (Fsp3) is 0.400. The molecule has 1 amide bonds. The monoisotopic (exact) mass is 308 g/mol. The van der Waals surface area contributed by atoms with E-state index in [2.05, 4.69) is 11.9 Å². The molecular weight excluding hydrogens is 288 g/mol. The van der Waals surface area contributed by atoms with E-state index in [0.717, 1.165) is 17.2 Å². The first-order valence-corrected chi connectivity index (χ1v) is 8.34. The van der Waals surface area contributed by atoms with Crippen LogP contribution in [-0.4, -0.2) is 29.9 Å². The molecule has 114 valence electrons. The highest BCUT2D eigenvalue weighted by Crippen LogP contribution is 2.26. The third-order valence-electron chi connectivity index (χ3n) is 3.40. The fourth-order valence-electron chi connectivity index (χ4n) is 2.47. The highest BCUT2D eigenvalue weighted by Gasteiger charge is 2.34. The number of sulfonamides is 1. The molecule has 0 atom stereocenters. The van der Waals surface area contributed by atoms with Gasteiger partial charge in [-0.05, 0) is 31.1 Å². The van der Waals surface area contributed by atoms with E-state index in [4.69, 9.17) is 0 Å². The van der Waals surface area contributed by atoms with Gasteiger partial charge in [-0.2, -0.15) is 4.31 Å². The van der Waals surface area contributed by atoms with E-state index in [9.17, 15) is 13.2 Å². The van der Waals surface area contributed by atoms with Gasteiger partial charge in [-0.1, -0.05) is 30.8 Å². The number of carbonyl (C=O) groups excluding carboxylic acids is 1. The Hall–Kier alpha value is -1.66. The Morgan fingerprint density at radius 2 is 1.86 bits per heavy atom. The molecule has 0 radical (unpaired) electrons. The van der Waals surface area contributed by atoms with Gasteiger partial charge in [0.25, 0.3) is 0 Å². The van der Waals surface area contributed by atoms with Crippen LogP contribution in [0, 0.1) is 0 Å². The standard InChI is InChI=1S/C15H20N2O3S/c1-4-14(18)16-15(2,3)11-21(19,20)17-9-12-7-5-6-8-13(12)10-17/h4-8H,1,9-11H2,2-3H3,(H,16,18). The van der Waals surface area contributed by atoms with E-state index < -0.39 is 15.6 Å². The van der Waals surface area contributed by atoms with Gasteiger partial charge in [0, 0.05) is 18.6 Å². The summed E-state index contributed by atoms with van der Waals surface area (Å²) >= 11 is 0. The van der Waals surface area contributed by atoms with Gasteiger partial charge in [-0.25, -0.2) is 8.42 Å². The lowest BCUT2D eigenvalue weighted by Crippen LogP contribution is -2.50. The lowest BCUT2D eigenvalue weighted by Gasteiger charge is -2.28. The Balaban J connectivity index is 2.10. The molecule has 6 heteroatoms. The third-order valence-corrected chi connectivity index (χ3v) is 5.53. The molecule has 0 saturated heterocycles. The van der Waals surface area contributed by atoms with E-state index in [0.29, 0.717) is 13.1 Å². The van der Waals surface area contributed by atoms with Crippen LogP contribution in [0.1, 0.15) is 25.0 Å². The van der Waals surface area contributed by atoms with E-state index in [1.807, 2.05) is 24.3 Å². The molecule has 2 rings (SSSR count). The summed E-state index contributed by atoms with van der Waals surface area (Å²) in [5.74, 6) is -0.520. The van der Waals surface area contributed by atoms with Gasteiger partial charge in [0.1, 0.15) is 0 Å². The Kier molecular flexibility index (Phi) is 4.20. The third kappa shape index (κ3) is 3.71. The minimum Gasteiger partial charge on any atom is -0.347 e. The maximum atomic E-state index is 12.5. The molecule has 1 aliphatic rings. The second-order valence-electron chi connectivity index (χ2n) is 5.87. The molecule has 0 unspecified atom stereocenters. The Morgan fingerprint density at radius 1 is 1.33 bits per heavy atom. The second-order valence-corrected chi connectivity index (χ2v) is 7.84. The van der Waals surface area contributed by atoms with Crippen molar-refractivity contribution in [2.75, 3.05) is 5.75 Å². The molecule has 0 fully saturated rings. The highest BCUT2D eigenvalue weighted by atomic mass is 32.2. The van der Waals surface area contributed by atoms with Crippen LogP contribution in [0.2, 0.25) is 0 Å². The van der Waals surface area contributed by atoms with Gasteiger partial charge in [0.2, 0.25) is 15.9 Å². The number of rotatable bonds is 5. The highest BCUT2D eigenvalue weighted by molar-refractivity contribution is 7.89. The number of carbonyl (C=O) groups is 1. The Bertz CT molecular complexity index is 640. The van der Waals surface area contributed by atoms with E-state index >= 15 is 0 Å². The summed E-state index contributed by atoms with van der Waals surface area (Å²) in [6, 6.07) is 7.69. The zero-order valence-corrected chi connectivity index (χ0v) is 13.1. The van der Waals surface area contributed by atoms with Gasteiger partial charge in [-0.15, -0.1) is 0 Å². The predicted molar refractivity (Wildman–Crippen MR) is 81.9 cm³/mol. The van der Waals surface area contributed by atoms with E-state index in [1.165, 1.54) is 4.31 Å². The van der Waals surface area contributed by atoms with Crippen LogP contribution < -0.4 is 5.32 Å². The van der Waals surface area contributed by atoms with Crippen LogP contribution in [0.3, 0.4) is 0 Å². The lowest BCUT2D eigenvalue weighted by atomic mass is 10.1. The van der Waals surface area contributed by atoms with Gasteiger partial charge in [-0.3, -0.25) is 4.79 Å². The van der Waals surface area contributed by atoms with Crippen molar-refractivity contribution < 1.29 is 13.2 Å². The Morgan fingerprint density at radius 3 is 2.33 bits per heavy atom. The lowest BCUT2D eigenvalue weighted by molar-refractivity contribution is -0.117. The molecule has 1 aliphatic heterocycles. The smallest absolute Gasteiger partial charge is 0.243 e. The minimum atomic E-state index is -3.45. The summed E-state index contributed by atoms with van der Waals surface area (Å²) in [5.41, 5.74) is 1.22. The minimum absolute atomic E-state index is 0.145. The largest absolute Gasteiger partial charge is 0.347 e. The fourth-order valence-corrected chi connectivity index (χ4v) is 4.30. The van der Waals surface area contributed by atoms with E-state index in [-0.39, 0.29) is 11.7 Å². The summed E-state index contributed by atoms with van der Waals surface area (Å²) in [6.07, 6.45) is 1.14. The summed E-state index contributed by atoms with van der Waals surface area (Å²) in [5, 5.41) is 2.64. The first kappa shape index (κ1) is 15.7. The van der Waals surface area contributed by atoms with Crippen molar-refractivity contribution >= 4 is 15.9 Å². The number of hydrogen-bond donors (Lipinski definition) is 1. The van der Waals surface area contributed by atoms with Crippen LogP contribution in [0.4, 0.5) is 0 Å². The Labute approximate surface area is 125 Å². The molecule has 1 aromatic carbocycles. The van der Waals surface area contributed by atoms with Crippen molar-refractivity contribution in [2.45, 2.75) is 32.5 Å². The number of benzene rings is 1.